The fourth-order valence-electron chi connectivity index (χ4n) is 4.00. The Bertz CT molecular complexity index is 1280. The van der Waals surface area contributed by atoms with Gasteiger partial charge in [-0.15, -0.1) is 15.3 Å². The van der Waals surface area contributed by atoms with Crippen LogP contribution in [0, 0.1) is 0 Å². The molecule has 2 aromatic heterocycles. The van der Waals surface area contributed by atoms with E-state index in [4.69, 9.17) is 0 Å². The van der Waals surface area contributed by atoms with Crippen molar-refractivity contribution < 1.29 is 22.0 Å². The Balaban J connectivity index is 1.60. The van der Waals surface area contributed by atoms with Crippen LogP contribution in [0.4, 0.5) is 27.8 Å². The third kappa shape index (κ3) is 3.66. The third-order valence-corrected chi connectivity index (χ3v) is 5.89. The van der Waals surface area contributed by atoms with Crippen LogP contribution in [0.3, 0.4) is 0 Å². The lowest BCUT2D eigenvalue weighted by Gasteiger charge is -2.22. The van der Waals surface area contributed by atoms with Crippen molar-refractivity contribution in [1.29, 1.82) is 0 Å². The van der Waals surface area contributed by atoms with E-state index in [2.05, 4.69) is 30.5 Å². The molecule has 34 heavy (non-hydrogen) atoms. The lowest BCUT2D eigenvalue weighted by molar-refractivity contribution is -0.166. The van der Waals surface area contributed by atoms with Crippen molar-refractivity contribution in [2.24, 2.45) is 10.2 Å². The topological polar surface area (TPSA) is 84.5 Å². The van der Waals surface area contributed by atoms with Crippen molar-refractivity contribution >= 4 is 17.0 Å². The second-order valence-corrected chi connectivity index (χ2v) is 9.59. The summed E-state index contributed by atoms with van der Waals surface area (Å²) in [7, 11) is 0. The van der Waals surface area contributed by atoms with Crippen LogP contribution in [0.15, 0.2) is 34.5 Å². The van der Waals surface area contributed by atoms with Crippen molar-refractivity contribution in [3.05, 3.63) is 41.2 Å². The van der Waals surface area contributed by atoms with E-state index in [1.165, 1.54) is 27.8 Å². The number of rotatable bonds is 4. The van der Waals surface area contributed by atoms with Crippen LogP contribution in [-0.2, 0) is 17.6 Å². The van der Waals surface area contributed by atoms with Gasteiger partial charge in [-0.2, -0.15) is 13.2 Å². The van der Waals surface area contributed by atoms with Crippen LogP contribution in [0.25, 0.3) is 11.2 Å². The van der Waals surface area contributed by atoms with Gasteiger partial charge >= 0.3 is 11.8 Å². The highest BCUT2D eigenvalue weighted by Crippen LogP contribution is 2.53. The molecular formula is C21H21F5N8. The molecule has 8 nitrogen and oxygen atoms in total. The Morgan fingerprint density at radius 2 is 1.74 bits per heavy atom. The van der Waals surface area contributed by atoms with Crippen molar-refractivity contribution in [1.82, 2.24) is 25.0 Å². The Kier molecular flexibility index (Phi) is 4.72. The van der Waals surface area contributed by atoms with Gasteiger partial charge in [-0.3, -0.25) is 0 Å². The summed E-state index contributed by atoms with van der Waals surface area (Å²) in [5, 5.41) is 14.8. The van der Waals surface area contributed by atoms with E-state index >= 15 is 0 Å². The van der Waals surface area contributed by atoms with Crippen LogP contribution in [0.1, 0.15) is 44.1 Å². The Morgan fingerprint density at radius 3 is 2.32 bits per heavy atom. The molecule has 0 aliphatic carbocycles. The van der Waals surface area contributed by atoms with Gasteiger partial charge in [-0.25, -0.2) is 23.4 Å². The molecular weight excluding hydrogens is 459 g/mol. The van der Waals surface area contributed by atoms with Crippen LogP contribution < -0.4 is 4.90 Å². The fraction of sp³-hybridized carbons (Fsp3) is 0.524. The molecule has 1 fully saturated rings. The van der Waals surface area contributed by atoms with Gasteiger partial charge in [0.25, 0.3) is 5.92 Å². The molecule has 5 rings (SSSR count). The largest absolute Gasteiger partial charge is 0.442 e. The number of fused-ring (bicyclic) bond motifs is 1. The number of alkyl halides is 5. The van der Waals surface area contributed by atoms with Gasteiger partial charge in [-0.1, -0.05) is 50.3 Å². The molecule has 0 radical (unpaired) electrons. The maximum absolute atomic E-state index is 13.9. The second-order valence-electron chi connectivity index (χ2n) is 9.59. The Labute approximate surface area is 190 Å². The number of hydrogen-bond acceptors (Lipinski definition) is 7. The number of nitrogens with zero attached hydrogens (tertiary/aromatic N) is 8. The van der Waals surface area contributed by atoms with E-state index in [1.54, 1.807) is 6.07 Å². The lowest BCUT2D eigenvalue weighted by Crippen LogP contribution is -2.31. The van der Waals surface area contributed by atoms with E-state index in [-0.39, 0.29) is 42.1 Å². The number of hydrogen-bond donors (Lipinski definition) is 0. The molecule has 13 heteroatoms. The summed E-state index contributed by atoms with van der Waals surface area (Å²) in [6, 6.07) is 5.96. The number of halogens is 5. The predicted molar refractivity (Wildman–Crippen MR) is 112 cm³/mol. The Hall–Kier alpha value is -3.25. The van der Waals surface area contributed by atoms with Gasteiger partial charge in [0.15, 0.2) is 17.0 Å². The highest BCUT2D eigenvalue weighted by molar-refractivity contribution is 5.83. The summed E-state index contributed by atoms with van der Waals surface area (Å²) in [5.74, 6) is -2.22. The summed E-state index contributed by atoms with van der Waals surface area (Å²) in [6.07, 6.45) is -4.99. The predicted octanol–water partition coefficient (Wildman–Crippen LogP) is 4.59. The zero-order valence-corrected chi connectivity index (χ0v) is 18.6. The molecule has 1 aromatic carbocycles. The zero-order valence-electron chi connectivity index (χ0n) is 18.6. The molecule has 2 aliphatic rings. The van der Waals surface area contributed by atoms with Crippen LogP contribution in [-0.4, -0.2) is 50.2 Å². The first kappa shape index (κ1) is 22.5. The average Bonchev–Trinajstić information content (AvgIpc) is 3.36. The number of aromatic nitrogens is 5. The highest BCUT2D eigenvalue weighted by atomic mass is 19.4. The number of benzene rings is 1. The minimum absolute atomic E-state index is 0.0915. The van der Waals surface area contributed by atoms with E-state index in [9.17, 15) is 22.0 Å². The molecule has 0 amide bonds. The van der Waals surface area contributed by atoms with Gasteiger partial charge in [0.05, 0.1) is 13.1 Å². The molecule has 0 spiro atoms. The third-order valence-electron chi connectivity index (χ3n) is 5.89. The molecule has 0 saturated carbocycles. The van der Waals surface area contributed by atoms with E-state index in [0.29, 0.717) is 11.4 Å². The molecule has 2 aliphatic heterocycles. The van der Waals surface area contributed by atoms with Crippen molar-refractivity contribution in [3.63, 3.8) is 0 Å². The molecule has 180 valence electrons. The zero-order chi connectivity index (χ0) is 24.5. The SMILES string of the molecule is CC(C)(C)c1nc(N2CCC(F)(F)C2)c2nnn(Cc3ccccc3C3(C(F)(F)F)N=N3)c2n1. The molecule has 0 unspecified atom stereocenters. The summed E-state index contributed by atoms with van der Waals surface area (Å²) in [5.41, 5.74) is -2.44. The first-order valence-corrected chi connectivity index (χ1v) is 10.6. The smallest absolute Gasteiger partial charge is 0.348 e. The van der Waals surface area contributed by atoms with Crippen molar-refractivity contribution in [3.8, 4) is 0 Å². The van der Waals surface area contributed by atoms with Crippen LogP contribution in [0.2, 0.25) is 0 Å². The lowest BCUT2D eigenvalue weighted by atomic mass is 9.95. The highest BCUT2D eigenvalue weighted by Gasteiger charge is 2.65. The first-order chi connectivity index (χ1) is 15.8. The molecule has 4 heterocycles. The maximum Gasteiger partial charge on any atom is 0.442 e. The van der Waals surface area contributed by atoms with Crippen LogP contribution >= 0.6 is 0 Å². The second kappa shape index (κ2) is 7.12. The van der Waals surface area contributed by atoms with Crippen molar-refractivity contribution in [2.45, 2.75) is 56.9 Å². The van der Waals surface area contributed by atoms with Crippen LogP contribution in [0.5, 0.6) is 0 Å². The molecule has 0 N–H and O–H groups in total. The maximum atomic E-state index is 13.9. The summed E-state index contributed by atoms with van der Waals surface area (Å²) >= 11 is 0. The molecule has 3 aromatic rings. The minimum atomic E-state index is -4.68. The van der Waals surface area contributed by atoms with E-state index < -0.39 is 29.7 Å². The van der Waals surface area contributed by atoms with Gasteiger partial charge in [0.1, 0.15) is 5.82 Å². The van der Waals surface area contributed by atoms with Gasteiger partial charge < -0.3 is 4.90 Å². The van der Waals surface area contributed by atoms with E-state index in [0.717, 1.165) is 0 Å². The molecule has 0 atom stereocenters. The first-order valence-electron chi connectivity index (χ1n) is 10.6. The summed E-state index contributed by atoms with van der Waals surface area (Å²) in [6.45, 7) is 5.13. The van der Waals surface area contributed by atoms with Gasteiger partial charge in [-0.05, 0) is 5.56 Å². The standard InChI is InChI=1S/C21H21F5N8/c1-18(2,3)17-27-15(33-9-8-19(22,23)11-33)14-16(28-17)34(32-29-14)10-12-6-4-5-7-13(12)20(30-31-20)21(24,25)26/h4-7H,8-11H2,1-3H3. The average molecular weight is 480 g/mol. The fourth-order valence-corrected chi connectivity index (χ4v) is 4.00. The number of anilines is 1. The van der Waals surface area contributed by atoms with Gasteiger partial charge in [0, 0.05) is 23.9 Å². The molecule has 1 saturated heterocycles. The van der Waals surface area contributed by atoms with Gasteiger partial charge in [0.2, 0.25) is 0 Å². The quantitative estimate of drug-likeness (QED) is 0.510. The van der Waals surface area contributed by atoms with Crippen molar-refractivity contribution in [2.75, 3.05) is 18.0 Å². The minimum Gasteiger partial charge on any atom is -0.348 e. The monoisotopic (exact) mass is 480 g/mol. The summed E-state index contributed by atoms with van der Waals surface area (Å²) in [4.78, 5) is 10.5. The normalized spacial score (nSPS) is 19.2. The Morgan fingerprint density at radius 1 is 1.03 bits per heavy atom. The molecule has 0 bridgehead atoms. The van der Waals surface area contributed by atoms with E-state index in [1.807, 2.05) is 20.8 Å². The summed E-state index contributed by atoms with van der Waals surface area (Å²) < 4.78 is 70.2.